The van der Waals surface area contributed by atoms with Crippen LogP contribution in [-0.2, 0) is 9.53 Å². The number of pyridine rings is 1. The number of hydrogen-bond donors (Lipinski definition) is 2. The van der Waals surface area contributed by atoms with E-state index >= 15 is 0 Å². The van der Waals surface area contributed by atoms with Crippen LogP contribution in [0, 0.1) is 11.8 Å². The second-order valence-electron chi connectivity index (χ2n) is 7.60. The fourth-order valence-electron chi connectivity index (χ4n) is 3.94. The van der Waals surface area contributed by atoms with Gasteiger partial charge in [-0.2, -0.15) is 0 Å². The predicted molar refractivity (Wildman–Crippen MR) is 110 cm³/mol. The second kappa shape index (κ2) is 8.48. The number of thioether (sulfide) groups is 1. The van der Waals surface area contributed by atoms with Crippen molar-refractivity contribution in [1.82, 2.24) is 10.3 Å². The molecule has 1 fully saturated rings. The van der Waals surface area contributed by atoms with Crippen LogP contribution in [0.1, 0.15) is 38.2 Å². The van der Waals surface area contributed by atoms with Crippen molar-refractivity contribution in [2.75, 3.05) is 25.0 Å². The predicted octanol–water partition coefficient (Wildman–Crippen LogP) is 3.81. The number of carbonyl (C=O) groups is 1. The Balaban J connectivity index is 1.53. The van der Waals surface area contributed by atoms with Gasteiger partial charge in [-0.3, -0.25) is 4.79 Å². The van der Waals surface area contributed by atoms with E-state index in [0.717, 1.165) is 62.3 Å². The number of aromatic nitrogens is 1. The van der Waals surface area contributed by atoms with E-state index in [1.807, 2.05) is 17.7 Å². The van der Waals surface area contributed by atoms with Gasteiger partial charge < -0.3 is 15.4 Å². The number of nitrogens with zero attached hydrogens (tertiary/aromatic N) is 1. The lowest BCUT2D eigenvalue weighted by Gasteiger charge is -2.21. The maximum atomic E-state index is 12.7. The molecular formula is C21H27N3O2S. The van der Waals surface area contributed by atoms with Gasteiger partial charge in [0.15, 0.2) is 0 Å². The molecule has 27 heavy (non-hydrogen) atoms. The number of anilines is 1. The fourth-order valence-corrected chi connectivity index (χ4v) is 5.06. The number of carbonyl (C=O) groups excluding carboxylic acids is 1. The van der Waals surface area contributed by atoms with Gasteiger partial charge in [-0.15, -0.1) is 0 Å². The summed E-state index contributed by atoms with van der Waals surface area (Å²) in [4.78, 5) is 18.2. The topological polar surface area (TPSA) is 63.2 Å². The van der Waals surface area contributed by atoms with Gasteiger partial charge in [-0.1, -0.05) is 24.8 Å². The van der Waals surface area contributed by atoms with E-state index in [1.165, 1.54) is 4.91 Å². The first-order valence-electron chi connectivity index (χ1n) is 9.87. The SMILES string of the molecule is CC1C=C2SC=C1C(=O)NCC1CCC(C1)OCCCNc1cc2ccn1. The van der Waals surface area contributed by atoms with E-state index in [0.29, 0.717) is 12.0 Å². The second-order valence-corrected chi connectivity index (χ2v) is 8.51. The summed E-state index contributed by atoms with van der Waals surface area (Å²) < 4.78 is 6.03. The highest BCUT2D eigenvalue weighted by Gasteiger charge is 2.27. The molecule has 5 rings (SSSR count). The number of hydrogen-bond acceptors (Lipinski definition) is 5. The molecule has 1 aromatic rings. The zero-order valence-electron chi connectivity index (χ0n) is 15.7. The molecule has 6 bridgehead atoms. The monoisotopic (exact) mass is 385 g/mol. The molecule has 4 heterocycles. The van der Waals surface area contributed by atoms with Crippen molar-refractivity contribution < 1.29 is 9.53 Å². The summed E-state index contributed by atoms with van der Waals surface area (Å²) in [6, 6.07) is 4.10. The van der Waals surface area contributed by atoms with Crippen LogP contribution in [0.25, 0.3) is 4.91 Å². The third kappa shape index (κ3) is 4.55. The van der Waals surface area contributed by atoms with Crippen LogP contribution >= 0.6 is 11.8 Å². The first kappa shape index (κ1) is 18.6. The Labute approximate surface area is 165 Å². The molecule has 1 aliphatic carbocycles. The minimum Gasteiger partial charge on any atom is -0.378 e. The summed E-state index contributed by atoms with van der Waals surface area (Å²) in [5, 5.41) is 8.56. The van der Waals surface area contributed by atoms with Gasteiger partial charge in [0.05, 0.1) is 6.10 Å². The molecule has 1 aromatic heterocycles. The lowest BCUT2D eigenvalue weighted by atomic mass is 9.99. The smallest absolute Gasteiger partial charge is 0.248 e. The Bertz CT molecular complexity index is 762. The molecule has 0 aromatic carbocycles. The van der Waals surface area contributed by atoms with E-state index in [4.69, 9.17) is 4.74 Å². The van der Waals surface area contributed by atoms with Crippen LogP contribution in [0.3, 0.4) is 0 Å². The Morgan fingerprint density at radius 3 is 3.11 bits per heavy atom. The first-order chi connectivity index (χ1) is 13.2. The van der Waals surface area contributed by atoms with E-state index in [-0.39, 0.29) is 11.8 Å². The van der Waals surface area contributed by atoms with Gasteiger partial charge >= 0.3 is 0 Å². The highest BCUT2D eigenvalue weighted by molar-refractivity contribution is 8.11. The number of allylic oxidation sites excluding steroid dienone is 1. The maximum absolute atomic E-state index is 12.7. The molecular weight excluding hydrogens is 358 g/mol. The van der Waals surface area contributed by atoms with Crippen molar-refractivity contribution in [2.45, 2.75) is 38.7 Å². The Kier molecular flexibility index (Phi) is 5.83. The van der Waals surface area contributed by atoms with E-state index in [9.17, 15) is 4.79 Å². The van der Waals surface area contributed by atoms with Gasteiger partial charge in [-0.25, -0.2) is 4.98 Å². The molecule has 6 heteroatoms. The van der Waals surface area contributed by atoms with Crippen LogP contribution in [0.15, 0.2) is 35.4 Å². The van der Waals surface area contributed by atoms with Gasteiger partial charge in [0, 0.05) is 42.3 Å². The number of fused-ring (bicyclic) bond motifs is 8. The number of ether oxygens (including phenoxy) is 1. The highest BCUT2D eigenvalue weighted by atomic mass is 32.2. The third-order valence-corrected chi connectivity index (χ3v) is 6.53. The van der Waals surface area contributed by atoms with Crippen LogP contribution in [-0.4, -0.2) is 36.7 Å². The van der Waals surface area contributed by atoms with E-state index in [1.54, 1.807) is 11.8 Å². The van der Waals surface area contributed by atoms with Crippen LogP contribution in [0.4, 0.5) is 5.82 Å². The van der Waals surface area contributed by atoms with Crippen LogP contribution in [0.5, 0.6) is 0 Å². The molecule has 0 saturated heterocycles. The molecule has 5 nitrogen and oxygen atoms in total. The van der Waals surface area contributed by atoms with Crippen molar-refractivity contribution in [3.63, 3.8) is 0 Å². The minimum atomic E-state index is 0.0628. The number of nitrogens with one attached hydrogen (secondary N) is 2. The Morgan fingerprint density at radius 2 is 2.22 bits per heavy atom. The van der Waals surface area contributed by atoms with Gasteiger partial charge in [0.2, 0.25) is 5.91 Å². The molecule has 4 aliphatic rings. The molecule has 1 saturated carbocycles. The summed E-state index contributed by atoms with van der Waals surface area (Å²) in [5.41, 5.74) is 1.98. The summed E-state index contributed by atoms with van der Waals surface area (Å²) in [6.07, 6.45) is 8.59. The highest BCUT2D eigenvalue weighted by Crippen LogP contribution is 2.38. The summed E-state index contributed by atoms with van der Waals surface area (Å²) in [7, 11) is 0. The maximum Gasteiger partial charge on any atom is 0.248 e. The standard InChI is InChI=1S/C21H27N3O2S/c1-14-9-19-16-5-7-23-20(11-16)22-6-2-8-26-17-4-3-15(10-17)12-24-21(25)18(14)13-27-19/h5,7,9,11,13-15,17H,2-4,6,8,10,12H2,1H3,(H,22,23)(H,24,25). The third-order valence-electron chi connectivity index (χ3n) is 5.54. The van der Waals surface area contributed by atoms with Gasteiger partial charge in [0.25, 0.3) is 0 Å². The van der Waals surface area contributed by atoms with Crippen molar-refractivity contribution in [3.8, 4) is 0 Å². The fraction of sp³-hybridized carbons (Fsp3) is 0.524. The molecule has 144 valence electrons. The molecule has 1 amide bonds. The molecule has 3 aliphatic heterocycles. The van der Waals surface area contributed by atoms with E-state index < -0.39 is 0 Å². The Hall–Kier alpha value is -1.79. The average molecular weight is 386 g/mol. The minimum absolute atomic E-state index is 0.0628. The molecule has 3 unspecified atom stereocenters. The van der Waals surface area contributed by atoms with E-state index in [2.05, 4.69) is 34.7 Å². The molecule has 3 atom stereocenters. The van der Waals surface area contributed by atoms with Crippen molar-refractivity contribution in [2.24, 2.45) is 11.8 Å². The zero-order valence-corrected chi connectivity index (χ0v) is 16.6. The average Bonchev–Trinajstić information content (AvgIpc) is 3.13. The Morgan fingerprint density at radius 1 is 1.30 bits per heavy atom. The molecule has 0 radical (unpaired) electrons. The van der Waals surface area contributed by atoms with Crippen molar-refractivity contribution in [1.29, 1.82) is 0 Å². The zero-order chi connectivity index (χ0) is 18.6. The van der Waals surface area contributed by atoms with Crippen LogP contribution in [0.2, 0.25) is 0 Å². The quantitative estimate of drug-likeness (QED) is 0.711. The summed E-state index contributed by atoms with van der Waals surface area (Å²) in [5.74, 6) is 1.58. The number of amides is 1. The van der Waals surface area contributed by atoms with Crippen molar-refractivity contribution >= 4 is 28.4 Å². The largest absolute Gasteiger partial charge is 0.378 e. The number of rotatable bonds is 0. The summed E-state index contributed by atoms with van der Waals surface area (Å²) in [6.45, 7) is 4.46. The molecule has 2 N–H and O–H groups in total. The normalized spacial score (nSPS) is 29.1. The first-order valence-corrected chi connectivity index (χ1v) is 10.8. The van der Waals surface area contributed by atoms with Crippen molar-refractivity contribution in [3.05, 3.63) is 41.0 Å². The van der Waals surface area contributed by atoms with Gasteiger partial charge in [-0.05, 0) is 54.7 Å². The molecule has 0 spiro atoms. The lowest BCUT2D eigenvalue weighted by molar-refractivity contribution is -0.118. The van der Waals surface area contributed by atoms with Crippen LogP contribution < -0.4 is 10.6 Å². The summed E-state index contributed by atoms with van der Waals surface area (Å²) >= 11 is 1.62. The van der Waals surface area contributed by atoms with Gasteiger partial charge in [0.1, 0.15) is 5.82 Å². The lowest BCUT2D eigenvalue weighted by Crippen LogP contribution is -2.31.